The minimum Gasteiger partial charge on any atom is -0.374 e. The number of benzene rings is 2. The van der Waals surface area contributed by atoms with Crippen LogP contribution in [-0.4, -0.2) is 17.9 Å². The van der Waals surface area contributed by atoms with E-state index in [1.54, 1.807) is 6.92 Å². The maximum absolute atomic E-state index is 12.2. The Kier molecular flexibility index (Phi) is 4.79. The maximum atomic E-state index is 12.2. The predicted molar refractivity (Wildman–Crippen MR) is 96.0 cm³/mol. The first kappa shape index (κ1) is 16.1. The summed E-state index contributed by atoms with van der Waals surface area (Å²) < 4.78 is 0. The SMILES string of the molecule is CC(Nc1cccc(NC(=O)C2CC2)c1)C(=O)Nc1ccccc1. The van der Waals surface area contributed by atoms with Gasteiger partial charge in [0.25, 0.3) is 0 Å². The Morgan fingerprint density at radius 3 is 2.29 bits per heavy atom. The van der Waals surface area contributed by atoms with Crippen molar-refractivity contribution in [3.63, 3.8) is 0 Å². The molecule has 1 unspecified atom stereocenters. The quantitative estimate of drug-likeness (QED) is 0.762. The molecule has 2 aromatic rings. The fraction of sp³-hybridized carbons (Fsp3) is 0.263. The summed E-state index contributed by atoms with van der Waals surface area (Å²) in [6.45, 7) is 1.80. The highest BCUT2D eigenvalue weighted by Crippen LogP contribution is 2.30. The minimum atomic E-state index is -0.403. The number of amides is 2. The summed E-state index contributed by atoms with van der Waals surface area (Å²) in [5.74, 6) is 0.118. The van der Waals surface area contributed by atoms with E-state index in [9.17, 15) is 9.59 Å². The molecule has 3 N–H and O–H groups in total. The van der Waals surface area contributed by atoms with Crippen LogP contribution in [0.4, 0.5) is 17.1 Å². The zero-order chi connectivity index (χ0) is 16.9. The molecule has 0 spiro atoms. The lowest BCUT2D eigenvalue weighted by Gasteiger charge is -2.16. The smallest absolute Gasteiger partial charge is 0.246 e. The molecule has 1 atom stereocenters. The normalized spacial score (nSPS) is 14.5. The number of rotatable bonds is 6. The lowest BCUT2D eigenvalue weighted by atomic mass is 10.2. The minimum absolute atomic E-state index is 0.0713. The van der Waals surface area contributed by atoms with Gasteiger partial charge in [-0.25, -0.2) is 0 Å². The van der Waals surface area contributed by atoms with Crippen LogP contribution in [0, 0.1) is 5.92 Å². The van der Waals surface area contributed by atoms with E-state index in [4.69, 9.17) is 0 Å². The number of nitrogens with one attached hydrogen (secondary N) is 3. The highest BCUT2D eigenvalue weighted by atomic mass is 16.2. The molecular weight excluding hydrogens is 302 g/mol. The molecule has 0 aliphatic heterocycles. The molecule has 124 valence electrons. The van der Waals surface area contributed by atoms with Crippen LogP contribution in [0.15, 0.2) is 54.6 Å². The first-order chi connectivity index (χ1) is 11.6. The van der Waals surface area contributed by atoms with Gasteiger partial charge >= 0.3 is 0 Å². The van der Waals surface area contributed by atoms with E-state index in [0.717, 1.165) is 29.9 Å². The second-order valence-corrected chi connectivity index (χ2v) is 6.07. The van der Waals surface area contributed by atoms with Crippen LogP contribution in [0.1, 0.15) is 19.8 Å². The molecule has 1 aliphatic carbocycles. The van der Waals surface area contributed by atoms with Crippen LogP contribution >= 0.6 is 0 Å². The van der Waals surface area contributed by atoms with E-state index in [1.807, 2.05) is 54.6 Å². The van der Waals surface area contributed by atoms with Gasteiger partial charge in [0.15, 0.2) is 0 Å². The van der Waals surface area contributed by atoms with Crippen molar-refractivity contribution in [2.24, 2.45) is 5.92 Å². The van der Waals surface area contributed by atoms with Crippen molar-refractivity contribution in [2.45, 2.75) is 25.8 Å². The number of hydrogen-bond donors (Lipinski definition) is 3. The van der Waals surface area contributed by atoms with Gasteiger partial charge in [0, 0.05) is 23.0 Å². The van der Waals surface area contributed by atoms with Crippen LogP contribution in [0.5, 0.6) is 0 Å². The Hall–Kier alpha value is -2.82. The molecule has 24 heavy (non-hydrogen) atoms. The Morgan fingerprint density at radius 2 is 1.58 bits per heavy atom. The molecule has 5 nitrogen and oxygen atoms in total. The van der Waals surface area contributed by atoms with E-state index in [0.29, 0.717) is 0 Å². The van der Waals surface area contributed by atoms with Gasteiger partial charge in [-0.2, -0.15) is 0 Å². The number of carbonyl (C=O) groups excluding carboxylic acids is 2. The molecule has 0 bridgehead atoms. The van der Waals surface area contributed by atoms with Gasteiger partial charge in [-0.15, -0.1) is 0 Å². The van der Waals surface area contributed by atoms with Gasteiger partial charge in [-0.1, -0.05) is 24.3 Å². The third kappa shape index (κ3) is 4.35. The van der Waals surface area contributed by atoms with Crippen molar-refractivity contribution in [1.82, 2.24) is 0 Å². The van der Waals surface area contributed by atoms with Gasteiger partial charge in [0.2, 0.25) is 11.8 Å². The zero-order valence-electron chi connectivity index (χ0n) is 13.6. The zero-order valence-corrected chi connectivity index (χ0v) is 13.6. The fourth-order valence-electron chi connectivity index (χ4n) is 2.36. The van der Waals surface area contributed by atoms with Crippen molar-refractivity contribution in [1.29, 1.82) is 0 Å². The second kappa shape index (κ2) is 7.17. The third-order valence-electron chi connectivity index (χ3n) is 3.90. The van der Waals surface area contributed by atoms with E-state index < -0.39 is 6.04 Å². The van der Waals surface area contributed by atoms with Gasteiger partial charge in [0.1, 0.15) is 6.04 Å². The lowest BCUT2D eigenvalue weighted by molar-refractivity contribution is -0.117. The monoisotopic (exact) mass is 323 g/mol. The topological polar surface area (TPSA) is 70.2 Å². The largest absolute Gasteiger partial charge is 0.374 e. The molecule has 0 aromatic heterocycles. The molecule has 2 amide bonds. The van der Waals surface area contributed by atoms with Crippen molar-refractivity contribution in [2.75, 3.05) is 16.0 Å². The Bertz CT molecular complexity index is 726. The first-order valence-electron chi connectivity index (χ1n) is 8.15. The predicted octanol–water partition coefficient (Wildman–Crippen LogP) is 3.47. The average molecular weight is 323 g/mol. The molecule has 0 heterocycles. The van der Waals surface area contributed by atoms with Crippen molar-refractivity contribution < 1.29 is 9.59 Å². The molecule has 1 aliphatic rings. The molecule has 0 radical (unpaired) electrons. The Balaban J connectivity index is 1.58. The summed E-state index contributed by atoms with van der Waals surface area (Å²) >= 11 is 0. The lowest BCUT2D eigenvalue weighted by Crippen LogP contribution is -2.31. The highest BCUT2D eigenvalue weighted by Gasteiger charge is 2.29. The summed E-state index contributed by atoms with van der Waals surface area (Å²) in [6, 6.07) is 16.4. The van der Waals surface area contributed by atoms with Gasteiger partial charge in [-0.05, 0) is 50.1 Å². The summed E-state index contributed by atoms with van der Waals surface area (Å²) in [4.78, 5) is 24.1. The van der Waals surface area contributed by atoms with E-state index in [1.165, 1.54) is 0 Å². The number of para-hydroxylation sites is 1. The van der Waals surface area contributed by atoms with E-state index >= 15 is 0 Å². The summed E-state index contributed by atoms with van der Waals surface area (Å²) in [7, 11) is 0. The Labute approximate surface area is 141 Å². The fourth-order valence-corrected chi connectivity index (χ4v) is 2.36. The number of hydrogen-bond acceptors (Lipinski definition) is 3. The van der Waals surface area contributed by atoms with Gasteiger partial charge in [-0.3, -0.25) is 9.59 Å². The maximum Gasteiger partial charge on any atom is 0.246 e. The second-order valence-electron chi connectivity index (χ2n) is 6.07. The Morgan fingerprint density at radius 1 is 0.917 bits per heavy atom. The molecule has 5 heteroatoms. The van der Waals surface area contributed by atoms with Gasteiger partial charge < -0.3 is 16.0 Å². The van der Waals surface area contributed by atoms with Crippen molar-refractivity contribution in [3.05, 3.63) is 54.6 Å². The molecule has 2 aromatic carbocycles. The van der Waals surface area contributed by atoms with Crippen LogP contribution in [0.25, 0.3) is 0 Å². The van der Waals surface area contributed by atoms with Crippen LogP contribution in [-0.2, 0) is 9.59 Å². The van der Waals surface area contributed by atoms with Gasteiger partial charge in [0.05, 0.1) is 0 Å². The molecular formula is C19H21N3O2. The third-order valence-corrected chi connectivity index (χ3v) is 3.90. The van der Waals surface area contributed by atoms with E-state index in [-0.39, 0.29) is 17.7 Å². The van der Waals surface area contributed by atoms with Crippen LogP contribution < -0.4 is 16.0 Å². The number of carbonyl (C=O) groups is 2. The average Bonchev–Trinajstić information content (AvgIpc) is 3.41. The number of anilines is 3. The molecule has 1 fully saturated rings. The van der Waals surface area contributed by atoms with Crippen molar-refractivity contribution in [3.8, 4) is 0 Å². The standard InChI is InChI=1S/C19H21N3O2/c1-13(18(23)21-15-6-3-2-4-7-15)20-16-8-5-9-17(12-16)22-19(24)14-10-11-14/h2-9,12-14,20H,10-11H2,1H3,(H,21,23)(H,22,24). The molecule has 3 rings (SSSR count). The molecule has 1 saturated carbocycles. The van der Waals surface area contributed by atoms with Crippen LogP contribution in [0.3, 0.4) is 0 Å². The highest BCUT2D eigenvalue weighted by molar-refractivity contribution is 5.97. The van der Waals surface area contributed by atoms with Crippen molar-refractivity contribution >= 4 is 28.9 Å². The van der Waals surface area contributed by atoms with E-state index in [2.05, 4.69) is 16.0 Å². The molecule has 0 saturated heterocycles. The summed E-state index contributed by atoms with van der Waals surface area (Å²) in [5.41, 5.74) is 2.30. The summed E-state index contributed by atoms with van der Waals surface area (Å²) in [6.07, 6.45) is 1.95. The summed E-state index contributed by atoms with van der Waals surface area (Å²) in [5, 5.41) is 8.92. The van der Waals surface area contributed by atoms with Crippen LogP contribution in [0.2, 0.25) is 0 Å². The first-order valence-corrected chi connectivity index (χ1v) is 8.15.